The van der Waals surface area contributed by atoms with Crippen LogP contribution in [0.25, 0.3) is 0 Å². The zero-order valence-corrected chi connectivity index (χ0v) is 10.4. The van der Waals surface area contributed by atoms with Gasteiger partial charge in [-0.05, 0) is 32.8 Å². The molecule has 88 valence electrons. The maximum atomic E-state index is 5.46. The molecule has 1 N–H and O–H groups in total. The Hall–Kier alpha value is -0.860. The number of hydrogen-bond donors (Lipinski definition) is 1. The summed E-state index contributed by atoms with van der Waals surface area (Å²) in [5, 5.41) is 3.67. The highest BCUT2D eigenvalue weighted by atomic mass is 16.5. The normalized spacial score (nSPS) is 26.9. The molecule has 0 radical (unpaired) electrons. The van der Waals surface area contributed by atoms with Crippen LogP contribution in [-0.2, 0) is 4.74 Å². The molecule has 2 nitrogen and oxygen atoms in total. The lowest BCUT2D eigenvalue weighted by molar-refractivity contribution is 0.167. The van der Waals surface area contributed by atoms with Crippen molar-refractivity contribution < 1.29 is 4.74 Å². The molecule has 0 saturated carbocycles. The smallest absolute Gasteiger partial charge is 0.0646 e. The second-order valence-electron chi connectivity index (χ2n) is 5.14. The van der Waals surface area contributed by atoms with E-state index in [1.807, 2.05) is 0 Å². The first kappa shape index (κ1) is 11.6. The van der Waals surface area contributed by atoms with E-state index in [1.165, 1.54) is 11.1 Å². The van der Waals surface area contributed by atoms with Gasteiger partial charge in [0, 0.05) is 18.2 Å². The number of rotatable bonds is 3. The average molecular weight is 219 g/mol. The zero-order valence-electron chi connectivity index (χ0n) is 10.4. The summed E-state index contributed by atoms with van der Waals surface area (Å²) in [5.74, 6) is 0. The fourth-order valence-electron chi connectivity index (χ4n) is 2.33. The third-order valence-corrected chi connectivity index (χ3v) is 3.33. The van der Waals surface area contributed by atoms with Gasteiger partial charge in [-0.1, -0.05) is 29.8 Å². The second kappa shape index (κ2) is 4.56. The van der Waals surface area contributed by atoms with Crippen LogP contribution < -0.4 is 5.32 Å². The number of nitrogens with one attached hydrogen (secondary N) is 1. The van der Waals surface area contributed by atoms with Gasteiger partial charge in [-0.3, -0.25) is 0 Å². The van der Waals surface area contributed by atoms with Gasteiger partial charge >= 0.3 is 0 Å². The van der Waals surface area contributed by atoms with Gasteiger partial charge in [0.25, 0.3) is 0 Å². The maximum Gasteiger partial charge on any atom is 0.0646 e. The Bertz CT molecular complexity index is 356. The lowest BCUT2D eigenvalue weighted by atomic mass is 9.97. The van der Waals surface area contributed by atoms with E-state index >= 15 is 0 Å². The van der Waals surface area contributed by atoms with Crippen LogP contribution in [0.3, 0.4) is 0 Å². The molecule has 2 unspecified atom stereocenters. The number of benzene rings is 1. The first-order chi connectivity index (χ1) is 7.59. The molecular formula is C14H21NO. The van der Waals surface area contributed by atoms with E-state index in [4.69, 9.17) is 4.74 Å². The van der Waals surface area contributed by atoms with Gasteiger partial charge in [0.1, 0.15) is 0 Å². The average Bonchev–Trinajstić information content (AvgIpc) is 2.65. The fraction of sp³-hybridized carbons (Fsp3) is 0.571. The van der Waals surface area contributed by atoms with Crippen molar-refractivity contribution in [3.63, 3.8) is 0 Å². The molecule has 0 aliphatic carbocycles. The molecule has 1 aromatic carbocycles. The van der Waals surface area contributed by atoms with E-state index < -0.39 is 0 Å². The highest BCUT2D eigenvalue weighted by Gasteiger charge is 2.30. The summed E-state index contributed by atoms with van der Waals surface area (Å²) in [6, 6.07) is 9.07. The molecule has 1 aromatic rings. The Kier molecular flexibility index (Phi) is 3.31. The van der Waals surface area contributed by atoms with E-state index in [9.17, 15) is 0 Å². The monoisotopic (exact) mass is 219 g/mol. The maximum absolute atomic E-state index is 5.46. The molecule has 2 atom stereocenters. The SMILES string of the molecule is Cc1cccc(C(C)NC2(C)CCOC2)c1. The van der Waals surface area contributed by atoms with E-state index in [1.54, 1.807) is 0 Å². The van der Waals surface area contributed by atoms with E-state index in [2.05, 4.69) is 50.4 Å². The third-order valence-electron chi connectivity index (χ3n) is 3.33. The first-order valence-electron chi connectivity index (χ1n) is 6.01. The van der Waals surface area contributed by atoms with Gasteiger partial charge in [0.05, 0.1) is 6.61 Å². The standard InChI is InChI=1S/C14H21NO/c1-11-5-4-6-13(9-11)12(2)15-14(3)7-8-16-10-14/h4-6,9,12,15H,7-8,10H2,1-3H3. The van der Waals surface area contributed by atoms with Crippen molar-refractivity contribution in [2.45, 2.75) is 38.8 Å². The third kappa shape index (κ3) is 2.63. The van der Waals surface area contributed by atoms with Crippen LogP contribution in [0.5, 0.6) is 0 Å². The van der Waals surface area contributed by atoms with Crippen molar-refractivity contribution in [1.29, 1.82) is 0 Å². The summed E-state index contributed by atoms with van der Waals surface area (Å²) in [7, 11) is 0. The van der Waals surface area contributed by atoms with Crippen LogP contribution in [0.4, 0.5) is 0 Å². The summed E-state index contributed by atoms with van der Waals surface area (Å²) in [6.07, 6.45) is 1.10. The van der Waals surface area contributed by atoms with Crippen molar-refractivity contribution in [1.82, 2.24) is 5.32 Å². The predicted molar refractivity (Wildman–Crippen MR) is 66.6 cm³/mol. The molecule has 1 fully saturated rings. The molecular weight excluding hydrogens is 198 g/mol. The molecule has 0 amide bonds. The Morgan fingerprint density at radius 1 is 1.44 bits per heavy atom. The molecule has 1 aliphatic rings. The Labute approximate surface area is 98.0 Å². The Morgan fingerprint density at radius 2 is 2.25 bits per heavy atom. The lowest BCUT2D eigenvalue weighted by Crippen LogP contribution is -2.44. The van der Waals surface area contributed by atoms with Crippen molar-refractivity contribution in [3.05, 3.63) is 35.4 Å². The summed E-state index contributed by atoms with van der Waals surface area (Å²) >= 11 is 0. The molecule has 1 heterocycles. The fourth-order valence-corrected chi connectivity index (χ4v) is 2.33. The summed E-state index contributed by atoms with van der Waals surface area (Å²) < 4.78 is 5.46. The summed E-state index contributed by atoms with van der Waals surface area (Å²) in [6.45, 7) is 8.30. The quantitative estimate of drug-likeness (QED) is 0.844. The number of aryl methyl sites for hydroxylation is 1. The summed E-state index contributed by atoms with van der Waals surface area (Å²) in [5.41, 5.74) is 2.82. The van der Waals surface area contributed by atoms with Crippen molar-refractivity contribution >= 4 is 0 Å². The van der Waals surface area contributed by atoms with Gasteiger partial charge in [-0.25, -0.2) is 0 Å². The molecule has 2 rings (SSSR count). The van der Waals surface area contributed by atoms with E-state index in [0.29, 0.717) is 6.04 Å². The van der Waals surface area contributed by atoms with Gasteiger partial charge in [-0.15, -0.1) is 0 Å². The minimum absolute atomic E-state index is 0.142. The molecule has 2 heteroatoms. The van der Waals surface area contributed by atoms with Gasteiger partial charge < -0.3 is 10.1 Å². The molecule has 1 saturated heterocycles. The Balaban J connectivity index is 2.05. The van der Waals surface area contributed by atoms with Gasteiger partial charge in [0.2, 0.25) is 0 Å². The first-order valence-corrected chi connectivity index (χ1v) is 6.01. The van der Waals surface area contributed by atoms with Crippen molar-refractivity contribution in [3.8, 4) is 0 Å². The van der Waals surface area contributed by atoms with Crippen LogP contribution in [-0.4, -0.2) is 18.8 Å². The van der Waals surface area contributed by atoms with Gasteiger partial charge in [0.15, 0.2) is 0 Å². The zero-order chi connectivity index (χ0) is 11.6. The van der Waals surface area contributed by atoms with E-state index in [-0.39, 0.29) is 5.54 Å². The van der Waals surface area contributed by atoms with Crippen molar-refractivity contribution in [2.24, 2.45) is 0 Å². The van der Waals surface area contributed by atoms with E-state index in [0.717, 1.165) is 19.6 Å². The number of ether oxygens (including phenoxy) is 1. The Morgan fingerprint density at radius 3 is 2.88 bits per heavy atom. The number of hydrogen-bond acceptors (Lipinski definition) is 2. The largest absolute Gasteiger partial charge is 0.379 e. The second-order valence-corrected chi connectivity index (χ2v) is 5.14. The van der Waals surface area contributed by atoms with Crippen LogP contribution in [0, 0.1) is 6.92 Å². The van der Waals surface area contributed by atoms with Gasteiger partial charge in [-0.2, -0.15) is 0 Å². The van der Waals surface area contributed by atoms with Crippen LogP contribution in [0.1, 0.15) is 37.4 Å². The topological polar surface area (TPSA) is 21.3 Å². The highest BCUT2D eigenvalue weighted by molar-refractivity contribution is 5.25. The summed E-state index contributed by atoms with van der Waals surface area (Å²) in [4.78, 5) is 0. The molecule has 0 aromatic heterocycles. The van der Waals surface area contributed by atoms with Crippen molar-refractivity contribution in [2.75, 3.05) is 13.2 Å². The minimum atomic E-state index is 0.142. The minimum Gasteiger partial charge on any atom is -0.379 e. The molecule has 1 aliphatic heterocycles. The van der Waals surface area contributed by atoms with Crippen LogP contribution in [0.2, 0.25) is 0 Å². The molecule has 0 bridgehead atoms. The van der Waals surface area contributed by atoms with Crippen LogP contribution >= 0.6 is 0 Å². The molecule has 0 spiro atoms. The van der Waals surface area contributed by atoms with Crippen LogP contribution in [0.15, 0.2) is 24.3 Å². The predicted octanol–water partition coefficient (Wildman–Crippen LogP) is 2.82. The lowest BCUT2D eigenvalue weighted by Gasteiger charge is -2.28. The highest BCUT2D eigenvalue weighted by Crippen LogP contribution is 2.23. The molecule has 16 heavy (non-hydrogen) atoms.